The molecule has 0 amide bonds. The van der Waals surface area contributed by atoms with Crippen molar-refractivity contribution >= 4 is 10.8 Å². The fourth-order valence-electron chi connectivity index (χ4n) is 2.29. The van der Waals surface area contributed by atoms with Crippen LogP contribution in [0.4, 0.5) is 0 Å². The number of nitrogens with one attached hydrogen (secondary N) is 1. The Hall–Kier alpha value is -1.62. The van der Waals surface area contributed by atoms with E-state index >= 15 is 0 Å². The molecule has 0 bridgehead atoms. The van der Waals surface area contributed by atoms with Crippen molar-refractivity contribution in [3.05, 3.63) is 42.0 Å². The number of fused-ring (bicyclic) bond motifs is 1. The standard InChI is InChI=1S/C17H23NO3/c1-17(19,12-18-8-9-20-2)15-6-4-14-11-16(21-3)7-5-13(14)10-15/h4-7,10-11,18-19H,8-9,12H2,1-3H3. The summed E-state index contributed by atoms with van der Waals surface area (Å²) in [6, 6.07) is 11.9. The maximum Gasteiger partial charge on any atom is 0.119 e. The van der Waals surface area contributed by atoms with Crippen molar-refractivity contribution in [3.63, 3.8) is 0 Å². The lowest BCUT2D eigenvalue weighted by atomic mass is 9.93. The number of aliphatic hydroxyl groups is 1. The maximum absolute atomic E-state index is 10.6. The van der Waals surface area contributed by atoms with Crippen LogP contribution in [-0.2, 0) is 10.3 Å². The Kier molecular flexibility index (Phi) is 5.17. The van der Waals surface area contributed by atoms with Gasteiger partial charge in [-0.05, 0) is 41.5 Å². The first-order valence-corrected chi connectivity index (χ1v) is 7.07. The van der Waals surface area contributed by atoms with Crippen molar-refractivity contribution in [3.8, 4) is 5.75 Å². The summed E-state index contributed by atoms with van der Waals surface area (Å²) in [7, 11) is 3.32. The molecule has 0 aromatic heterocycles. The topological polar surface area (TPSA) is 50.7 Å². The third-order valence-corrected chi connectivity index (χ3v) is 3.62. The Morgan fingerprint density at radius 1 is 1.10 bits per heavy atom. The van der Waals surface area contributed by atoms with Crippen LogP contribution in [0.15, 0.2) is 36.4 Å². The molecule has 2 rings (SSSR count). The summed E-state index contributed by atoms with van der Waals surface area (Å²) in [4.78, 5) is 0. The van der Waals surface area contributed by atoms with Crippen LogP contribution in [0.5, 0.6) is 5.75 Å². The molecule has 4 heteroatoms. The molecule has 0 fully saturated rings. The van der Waals surface area contributed by atoms with Gasteiger partial charge in [-0.25, -0.2) is 0 Å². The number of benzene rings is 2. The molecule has 0 spiro atoms. The predicted molar refractivity (Wildman–Crippen MR) is 84.8 cm³/mol. The molecule has 2 aromatic carbocycles. The lowest BCUT2D eigenvalue weighted by molar-refractivity contribution is 0.0551. The molecule has 21 heavy (non-hydrogen) atoms. The summed E-state index contributed by atoms with van der Waals surface area (Å²) in [6.07, 6.45) is 0. The van der Waals surface area contributed by atoms with Crippen LogP contribution in [0.25, 0.3) is 10.8 Å². The van der Waals surface area contributed by atoms with Gasteiger partial charge in [-0.2, -0.15) is 0 Å². The fraction of sp³-hybridized carbons (Fsp3) is 0.412. The van der Waals surface area contributed by atoms with Gasteiger partial charge in [0.15, 0.2) is 0 Å². The molecule has 0 saturated carbocycles. The number of ether oxygens (including phenoxy) is 2. The van der Waals surface area contributed by atoms with Crippen molar-refractivity contribution < 1.29 is 14.6 Å². The van der Waals surface area contributed by atoms with Gasteiger partial charge in [0.2, 0.25) is 0 Å². The summed E-state index contributed by atoms with van der Waals surface area (Å²) in [5.74, 6) is 0.836. The molecule has 0 aliphatic carbocycles. The molecule has 0 aliphatic rings. The molecule has 1 unspecified atom stereocenters. The molecular formula is C17H23NO3. The first-order valence-electron chi connectivity index (χ1n) is 7.07. The predicted octanol–water partition coefficient (Wildman–Crippen LogP) is 2.29. The van der Waals surface area contributed by atoms with Gasteiger partial charge < -0.3 is 19.9 Å². The highest BCUT2D eigenvalue weighted by molar-refractivity contribution is 5.84. The van der Waals surface area contributed by atoms with E-state index in [-0.39, 0.29) is 0 Å². The highest BCUT2D eigenvalue weighted by atomic mass is 16.5. The van der Waals surface area contributed by atoms with Crippen molar-refractivity contribution in [2.24, 2.45) is 0 Å². The van der Waals surface area contributed by atoms with E-state index < -0.39 is 5.60 Å². The van der Waals surface area contributed by atoms with E-state index in [2.05, 4.69) is 5.32 Å². The van der Waals surface area contributed by atoms with Crippen molar-refractivity contribution in [2.75, 3.05) is 33.9 Å². The minimum Gasteiger partial charge on any atom is -0.497 e. The Morgan fingerprint density at radius 3 is 2.52 bits per heavy atom. The van der Waals surface area contributed by atoms with E-state index in [0.29, 0.717) is 13.2 Å². The van der Waals surface area contributed by atoms with Gasteiger partial charge in [-0.1, -0.05) is 18.2 Å². The largest absolute Gasteiger partial charge is 0.497 e. The summed E-state index contributed by atoms with van der Waals surface area (Å²) >= 11 is 0. The van der Waals surface area contributed by atoms with Gasteiger partial charge in [0.1, 0.15) is 5.75 Å². The molecule has 0 aliphatic heterocycles. The van der Waals surface area contributed by atoms with Crippen LogP contribution in [0.3, 0.4) is 0 Å². The smallest absolute Gasteiger partial charge is 0.119 e. The summed E-state index contributed by atoms with van der Waals surface area (Å²) in [5, 5.41) is 16.0. The van der Waals surface area contributed by atoms with Crippen LogP contribution >= 0.6 is 0 Å². The molecule has 4 nitrogen and oxygen atoms in total. The SMILES string of the molecule is COCCNCC(C)(O)c1ccc2cc(OC)ccc2c1. The average molecular weight is 289 g/mol. The fourth-order valence-corrected chi connectivity index (χ4v) is 2.29. The number of methoxy groups -OCH3 is 2. The molecule has 114 valence electrons. The van der Waals surface area contributed by atoms with Gasteiger partial charge in [0.05, 0.1) is 19.3 Å². The van der Waals surface area contributed by atoms with Gasteiger partial charge in [0, 0.05) is 20.2 Å². The lowest BCUT2D eigenvalue weighted by Gasteiger charge is -2.25. The van der Waals surface area contributed by atoms with Crippen LogP contribution in [-0.4, -0.2) is 39.0 Å². The Labute approximate surface area is 125 Å². The van der Waals surface area contributed by atoms with Gasteiger partial charge >= 0.3 is 0 Å². The van der Waals surface area contributed by atoms with Gasteiger partial charge in [-0.15, -0.1) is 0 Å². The highest BCUT2D eigenvalue weighted by Crippen LogP contribution is 2.26. The third kappa shape index (κ3) is 3.94. The molecular weight excluding hydrogens is 266 g/mol. The average Bonchev–Trinajstić information content (AvgIpc) is 2.50. The highest BCUT2D eigenvalue weighted by Gasteiger charge is 2.22. The first kappa shape index (κ1) is 15.8. The second-order valence-electron chi connectivity index (χ2n) is 5.37. The van der Waals surface area contributed by atoms with E-state index in [1.54, 1.807) is 14.2 Å². The maximum atomic E-state index is 10.6. The molecule has 1 atom stereocenters. The Balaban J connectivity index is 2.17. The van der Waals surface area contributed by atoms with E-state index in [1.807, 2.05) is 43.3 Å². The van der Waals surface area contributed by atoms with Crippen molar-refractivity contribution in [1.82, 2.24) is 5.32 Å². The Bertz CT molecular complexity index is 596. The second-order valence-corrected chi connectivity index (χ2v) is 5.37. The van der Waals surface area contributed by atoms with Crippen LogP contribution in [0.2, 0.25) is 0 Å². The molecule has 0 radical (unpaired) electrons. The van der Waals surface area contributed by atoms with Crippen LogP contribution < -0.4 is 10.1 Å². The van der Waals surface area contributed by atoms with Gasteiger partial charge in [-0.3, -0.25) is 0 Å². The van der Waals surface area contributed by atoms with Crippen molar-refractivity contribution in [1.29, 1.82) is 0 Å². The van der Waals surface area contributed by atoms with Gasteiger partial charge in [0.25, 0.3) is 0 Å². The van der Waals surface area contributed by atoms with E-state index in [9.17, 15) is 5.11 Å². The zero-order valence-corrected chi connectivity index (χ0v) is 12.8. The van der Waals surface area contributed by atoms with E-state index in [1.165, 1.54) is 0 Å². The molecule has 2 N–H and O–H groups in total. The minimum atomic E-state index is -0.915. The second kappa shape index (κ2) is 6.89. The molecule has 0 saturated heterocycles. The normalized spacial score (nSPS) is 14.1. The minimum absolute atomic E-state index is 0.484. The first-order chi connectivity index (χ1) is 10.1. The summed E-state index contributed by atoms with van der Waals surface area (Å²) in [5.41, 5.74) is -0.0212. The Morgan fingerprint density at radius 2 is 1.81 bits per heavy atom. The zero-order valence-electron chi connectivity index (χ0n) is 12.8. The number of hydrogen-bond acceptors (Lipinski definition) is 4. The molecule has 2 aromatic rings. The van der Waals surface area contributed by atoms with E-state index in [0.717, 1.165) is 28.6 Å². The molecule has 0 heterocycles. The number of rotatable bonds is 7. The van der Waals surface area contributed by atoms with Crippen molar-refractivity contribution in [2.45, 2.75) is 12.5 Å². The van der Waals surface area contributed by atoms with Crippen LogP contribution in [0, 0.1) is 0 Å². The quantitative estimate of drug-likeness (QED) is 0.768. The lowest BCUT2D eigenvalue weighted by Crippen LogP contribution is -2.36. The number of hydrogen-bond donors (Lipinski definition) is 2. The van der Waals surface area contributed by atoms with E-state index in [4.69, 9.17) is 9.47 Å². The zero-order chi connectivity index (χ0) is 15.3. The van der Waals surface area contributed by atoms with Crippen LogP contribution in [0.1, 0.15) is 12.5 Å². The third-order valence-electron chi connectivity index (χ3n) is 3.62. The summed E-state index contributed by atoms with van der Waals surface area (Å²) < 4.78 is 10.2. The summed E-state index contributed by atoms with van der Waals surface area (Å²) in [6.45, 7) is 3.65. The monoisotopic (exact) mass is 289 g/mol.